The van der Waals surface area contributed by atoms with Gasteiger partial charge in [0, 0.05) is 29.0 Å². The van der Waals surface area contributed by atoms with Crippen LogP contribution in [0, 0.1) is 11.3 Å². The van der Waals surface area contributed by atoms with E-state index in [9.17, 15) is 14.4 Å². The van der Waals surface area contributed by atoms with Gasteiger partial charge in [0.05, 0.1) is 12.2 Å². The van der Waals surface area contributed by atoms with Crippen molar-refractivity contribution in [2.75, 3.05) is 0 Å². The molecule has 8 heteroatoms. The Balaban J connectivity index is 2.69. The zero-order valence-electron chi connectivity index (χ0n) is 26.1. The lowest BCUT2D eigenvalue weighted by Crippen LogP contribution is -2.52. The Morgan fingerprint density at radius 3 is 2.39 bits per heavy atom. The molecule has 4 atom stereocenters. The average molecular weight is 589 g/mol. The quantitative estimate of drug-likeness (QED) is 0.132. The fourth-order valence-electron chi connectivity index (χ4n) is 4.10. The third-order valence-electron chi connectivity index (χ3n) is 6.35. The second-order valence-electron chi connectivity index (χ2n) is 11.8. The van der Waals surface area contributed by atoms with E-state index in [2.05, 4.69) is 10.6 Å². The van der Waals surface area contributed by atoms with E-state index in [-0.39, 0.29) is 42.0 Å². The first-order valence-electron chi connectivity index (χ1n) is 14.2. The van der Waals surface area contributed by atoms with E-state index < -0.39 is 11.5 Å². The van der Waals surface area contributed by atoms with Gasteiger partial charge in [-0.15, -0.1) is 0 Å². The molecule has 2 N–H and O–H groups in total. The van der Waals surface area contributed by atoms with Crippen LogP contribution in [0.1, 0.15) is 81.6 Å². The summed E-state index contributed by atoms with van der Waals surface area (Å²) in [6.45, 7) is 17.2. The molecule has 0 bridgehead atoms. The van der Waals surface area contributed by atoms with Gasteiger partial charge in [-0.2, -0.15) is 0 Å². The molecular weight excluding hydrogens is 540 g/mol. The van der Waals surface area contributed by atoms with E-state index in [1.807, 2.05) is 85.8 Å². The molecule has 7 nitrogen and oxygen atoms in total. The van der Waals surface area contributed by atoms with Gasteiger partial charge in [0.1, 0.15) is 12.1 Å². The van der Waals surface area contributed by atoms with Gasteiger partial charge in [0.2, 0.25) is 11.8 Å². The zero-order valence-corrected chi connectivity index (χ0v) is 26.9. The lowest BCUT2D eigenvalue weighted by molar-refractivity contribution is -0.147. The van der Waals surface area contributed by atoms with Gasteiger partial charge in [-0.25, -0.2) is 4.79 Å². The van der Waals surface area contributed by atoms with Crippen molar-refractivity contribution in [1.82, 2.24) is 10.6 Å². The first-order chi connectivity index (χ1) is 19.1. The fraction of sp³-hybridized carbons (Fsp3) is 0.545. The predicted molar refractivity (Wildman–Crippen MR) is 167 cm³/mol. The highest BCUT2D eigenvalue weighted by molar-refractivity contribution is 6.29. The highest BCUT2D eigenvalue weighted by atomic mass is 35.5. The first-order valence-corrected chi connectivity index (χ1v) is 14.6. The number of cyclic esters (lactones) is 1. The largest absolute Gasteiger partial charge is 0.458 e. The number of carbonyl (C=O) groups is 3. The maximum atomic E-state index is 12.9. The molecule has 0 aromatic carbocycles. The number of ether oxygens (including phenoxy) is 2. The second-order valence-corrected chi connectivity index (χ2v) is 12.4. The van der Waals surface area contributed by atoms with Gasteiger partial charge < -0.3 is 20.1 Å². The SMILES string of the molecule is CC1=CC[C@@H]([C@@H](C)/C=C(C)/C=C/C=C/C(=O)N[C@H](C(=O)N/C=C\C[C@H](C/C=C(\C)Cl)OC(C)C)C(C)(C)C)OC1=O. The summed E-state index contributed by atoms with van der Waals surface area (Å²) in [4.78, 5) is 37.3. The molecule has 1 rings (SSSR count). The van der Waals surface area contributed by atoms with Gasteiger partial charge in [0.15, 0.2) is 0 Å². The summed E-state index contributed by atoms with van der Waals surface area (Å²) >= 11 is 5.96. The maximum absolute atomic E-state index is 12.9. The van der Waals surface area contributed by atoms with E-state index in [0.29, 0.717) is 29.9 Å². The van der Waals surface area contributed by atoms with Crippen LogP contribution >= 0.6 is 11.6 Å². The molecule has 0 spiro atoms. The average Bonchev–Trinajstić information content (AvgIpc) is 2.86. The van der Waals surface area contributed by atoms with Crippen LogP contribution in [0.5, 0.6) is 0 Å². The number of esters is 1. The number of nitrogens with one attached hydrogen (secondary N) is 2. The Bertz CT molecular complexity index is 1070. The molecule has 1 aliphatic rings. The van der Waals surface area contributed by atoms with Crippen molar-refractivity contribution in [3.63, 3.8) is 0 Å². The van der Waals surface area contributed by atoms with E-state index in [4.69, 9.17) is 21.1 Å². The minimum atomic E-state index is -0.740. The monoisotopic (exact) mass is 588 g/mol. The predicted octanol–water partition coefficient (Wildman–Crippen LogP) is 6.82. The molecule has 2 amide bonds. The van der Waals surface area contributed by atoms with Crippen molar-refractivity contribution >= 4 is 29.4 Å². The Kier molecular flexibility index (Phi) is 15.7. The second kappa shape index (κ2) is 17.8. The molecule has 0 radical (unpaired) electrons. The molecule has 1 aliphatic heterocycles. The third kappa shape index (κ3) is 15.1. The van der Waals surface area contributed by atoms with Gasteiger partial charge >= 0.3 is 5.97 Å². The van der Waals surface area contributed by atoms with Crippen LogP contribution in [0.4, 0.5) is 0 Å². The zero-order chi connectivity index (χ0) is 31.2. The highest BCUT2D eigenvalue weighted by Gasteiger charge is 2.32. The lowest BCUT2D eigenvalue weighted by Gasteiger charge is -2.29. The summed E-state index contributed by atoms with van der Waals surface area (Å²) in [5.41, 5.74) is 1.13. The molecule has 0 fully saturated rings. The number of hydrogen-bond acceptors (Lipinski definition) is 5. The molecule has 0 aromatic heterocycles. The molecule has 1 heterocycles. The highest BCUT2D eigenvalue weighted by Crippen LogP contribution is 2.22. The van der Waals surface area contributed by atoms with E-state index in [1.54, 1.807) is 25.3 Å². The van der Waals surface area contributed by atoms with Gasteiger partial charge in [-0.05, 0) is 59.1 Å². The number of carbonyl (C=O) groups excluding carboxylic acids is 3. The minimum Gasteiger partial charge on any atom is -0.458 e. The summed E-state index contributed by atoms with van der Waals surface area (Å²) in [6.07, 6.45) is 17.8. The van der Waals surface area contributed by atoms with Crippen LogP contribution in [-0.4, -0.2) is 42.1 Å². The van der Waals surface area contributed by atoms with Gasteiger partial charge in [-0.3, -0.25) is 9.59 Å². The summed E-state index contributed by atoms with van der Waals surface area (Å²) in [7, 11) is 0. The Morgan fingerprint density at radius 1 is 1.15 bits per heavy atom. The smallest absolute Gasteiger partial charge is 0.333 e. The van der Waals surface area contributed by atoms with Crippen LogP contribution in [0.2, 0.25) is 0 Å². The van der Waals surface area contributed by atoms with Crippen molar-refractivity contribution in [2.24, 2.45) is 11.3 Å². The van der Waals surface area contributed by atoms with E-state index in [1.165, 1.54) is 6.08 Å². The summed E-state index contributed by atoms with van der Waals surface area (Å²) < 4.78 is 11.4. The van der Waals surface area contributed by atoms with Crippen LogP contribution in [0.3, 0.4) is 0 Å². The molecule has 0 unspecified atom stereocenters. The van der Waals surface area contributed by atoms with E-state index in [0.717, 1.165) is 5.57 Å². The van der Waals surface area contributed by atoms with E-state index >= 15 is 0 Å². The number of allylic oxidation sites excluding steroid dienone is 5. The van der Waals surface area contributed by atoms with Crippen LogP contribution in [-0.2, 0) is 23.9 Å². The van der Waals surface area contributed by atoms with Crippen molar-refractivity contribution in [3.8, 4) is 0 Å². The molecule has 228 valence electrons. The first kappa shape index (κ1) is 36.1. The van der Waals surface area contributed by atoms with Crippen LogP contribution in [0.15, 0.2) is 71.0 Å². The number of halogens is 1. The Morgan fingerprint density at radius 2 is 1.80 bits per heavy atom. The summed E-state index contributed by atoms with van der Waals surface area (Å²) in [5, 5.41) is 6.32. The van der Waals surface area contributed by atoms with Crippen molar-refractivity contribution in [3.05, 3.63) is 71.0 Å². The molecule has 0 saturated heterocycles. The number of rotatable bonds is 14. The fourth-order valence-corrected chi connectivity index (χ4v) is 4.19. The topological polar surface area (TPSA) is 93.7 Å². The van der Waals surface area contributed by atoms with Gasteiger partial charge in [-0.1, -0.05) is 87.4 Å². The maximum Gasteiger partial charge on any atom is 0.333 e. The van der Waals surface area contributed by atoms with Crippen LogP contribution in [0.25, 0.3) is 0 Å². The molecule has 0 aromatic rings. The van der Waals surface area contributed by atoms with Gasteiger partial charge in [0.25, 0.3) is 0 Å². The molecule has 41 heavy (non-hydrogen) atoms. The molecule has 0 saturated carbocycles. The van der Waals surface area contributed by atoms with Crippen LogP contribution < -0.4 is 10.6 Å². The van der Waals surface area contributed by atoms with Crippen molar-refractivity contribution < 1.29 is 23.9 Å². The number of hydrogen-bond donors (Lipinski definition) is 2. The van der Waals surface area contributed by atoms with Crippen molar-refractivity contribution in [2.45, 2.75) is 106 Å². The Hall–Kier alpha value is -2.90. The third-order valence-corrected chi connectivity index (χ3v) is 6.50. The minimum absolute atomic E-state index is 0.0546. The lowest BCUT2D eigenvalue weighted by atomic mass is 9.86. The standard InChI is InChI=1S/C33H49ClN2O5/c1-22(2)40-27(18-17-26(6)34)14-12-20-35-31(38)30(33(7,8)9)36-29(37)15-11-10-13-23(3)21-25(5)28-19-16-24(4)32(39)41-28/h10-13,15-17,20-22,25,27-28,30H,14,18-19H2,1-9H3,(H,35,38)(H,36,37)/b13-10+,15-11+,20-12-,23-21+,26-17+/t25-,27+,28-,30+/m0/s1. The molecule has 0 aliphatic carbocycles. The summed E-state index contributed by atoms with van der Waals surface area (Å²) in [5.74, 6) is -0.878. The normalized spacial score (nSPS) is 19.4. The number of amides is 2. The van der Waals surface area contributed by atoms with Crippen molar-refractivity contribution in [1.29, 1.82) is 0 Å². The Labute approximate surface area is 251 Å². The summed E-state index contributed by atoms with van der Waals surface area (Å²) in [6, 6.07) is -0.740. The molecular formula is C33H49ClN2O5.